The minimum atomic E-state index is 0. The summed E-state index contributed by atoms with van der Waals surface area (Å²) in [6.07, 6.45) is 1.73. The van der Waals surface area contributed by atoms with Crippen LogP contribution in [0, 0.1) is 13.8 Å². The summed E-state index contributed by atoms with van der Waals surface area (Å²) in [7, 11) is 0. The molecule has 1 aromatic carbocycles. The highest BCUT2D eigenvalue weighted by molar-refractivity contribution is 9.10. The van der Waals surface area contributed by atoms with Crippen LogP contribution in [0.2, 0.25) is 0 Å². The molecular weight excluding hydrogens is 354 g/mol. The standard InChI is InChI=1S/C15H14BrN3O.ClH/c1-9-3-10(2)5-12(4-9)20-8-14-18-13-6-11(16)7-17-15(13)19-14;/h3-7H,8H2,1-2H3,(H,17,18,19);1H. The van der Waals surface area contributed by atoms with Crippen molar-refractivity contribution in [2.75, 3.05) is 0 Å². The summed E-state index contributed by atoms with van der Waals surface area (Å²) in [5.41, 5.74) is 3.98. The van der Waals surface area contributed by atoms with Crippen molar-refractivity contribution in [1.29, 1.82) is 0 Å². The van der Waals surface area contributed by atoms with Crippen molar-refractivity contribution in [3.8, 4) is 5.75 Å². The van der Waals surface area contributed by atoms with Gasteiger partial charge in [-0.2, -0.15) is 0 Å². The minimum absolute atomic E-state index is 0. The van der Waals surface area contributed by atoms with E-state index in [2.05, 4.69) is 50.8 Å². The Kier molecular flexibility index (Phi) is 4.85. The van der Waals surface area contributed by atoms with E-state index in [0.717, 1.165) is 21.6 Å². The third kappa shape index (κ3) is 3.74. The zero-order chi connectivity index (χ0) is 14.1. The molecule has 0 aliphatic carbocycles. The first-order valence-corrected chi connectivity index (χ1v) is 7.11. The van der Waals surface area contributed by atoms with Crippen LogP contribution >= 0.6 is 28.3 Å². The number of benzene rings is 1. The van der Waals surface area contributed by atoms with E-state index in [-0.39, 0.29) is 12.4 Å². The quantitative estimate of drug-likeness (QED) is 0.748. The maximum absolute atomic E-state index is 5.78. The molecule has 0 aliphatic heterocycles. The van der Waals surface area contributed by atoms with Crippen LogP contribution < -0.4 is 4.74 Å². The van der Waals surface area contributed by atoms with Gasteiger partial charge in [-0.3, -0.25) is 0 Å². The summed E-state index contributed by atoms with van der Waals surface area (Å²) >= 11 is 3.39. The molecule has 0 aliphatic rings. The molecule has 110 valence electrons. The highest BCUT2D eigenvalue weighted by atomic mass is 79.9. The maximum Gasteiger partial charge on any atom is 0.177 e. The molecule has 0 unspecified atom stereocenters. The SMILES string of the molecule is Cc1cc(C)cc(OCc2nc3ncc(Br)cc3[nH]2)c1.Cl. The molecule has 6 heteroatoms. The fraction of sp³-hybridized carbons (Fsp3) is 0.200. The molecule has 3 rings (SSSR count). The Labute approximate surface area is 137 Å². The van der Waals surface area contributed by atoms with E-state index in [0.29, 0.717) is 12.3 Å². The van der Waals surface area contributed by atoms with Gasteiger partial charge in [0.2, 0.25) is 0 Å². The first-order valence-electron chi connectivity index (χ1n) is 6.31. The van der Waals surface area contributed by atoms with Crippen molar-refractivity contribution in [2.24, 2.45) is 0 Å². The van der Waals surface area contributed by atoms with Gasteiger partial charge in [0.25, 0.3) is 0 Å². The number of fused-ring (bicyclic) bond motifs is 1. The molecule has 2 aromatic heterocycles. The normalized spacial score (nSPS) is 10.4. The number of aromatic nitrogens is 3. The first kappa shape index (κ1) is 15.8. The van der Waals surface area contributed by atoms with Gasteiger partial charge in [0.05, 0.1) is 5.52 Å². The summed E-state index contributed by atoms with van der Waals surface area (Å²) in [6, 6.07) is 8.11. The van der Waals surface area contributed by atoms with E-state index in [1.165, 1.54) is 11.1 Å². The Hall–Kier alpha value is -1.59. The summed E-state index contributed by atoms with van der Waals surface area (Å²) < 4.78 is 6.71. The molecule has 0 saturated heterocycles. The number of pyridine rings is 1. The van der Waals surface area contributed by atoms with Gasteiger partial charge in [0, 0.05) is 10.7 Å². The van der Waals surface area contributed by atoms with Crippen LogP contribution in [0.25, 0.3) is 11.2 Å². The highest BCUT2D eigenvalue weighted by Crippen LogP contribution is 2.19. The number of ether oxygens (including phenoxy) is 1. The number of H-pyrrole nitrogens is 1. The van der Waals surface area contributed by atoms with E-state index in [1.54, 1.807) is 6.20 Å². The Morgan fingerprint density at radius 2 is 1.86 bits per heavy atom. The van der Waals surface area contributed by atoms with Crippen molar-refractivity contribution in [1.82, 2.24) is 15.0 Å². The van der Waals surface area contributed by atoms with Crippen molar-refractivity contribution < 1.29 is 4.74 Å². The predicted molar refractivity (Wildman–Crippen MR) is 89.1 cm³/mol. The molecule has 3 aromatic rings. The Bertz CT molecular complexity index is 752. The predicted octanol–water partition coefficient (Wildman–Crippen LogP) is 4.34. The number of hydrogen-bond acceptors (Lipinski definition) is 3. The minimum Gasteiger partial charge on any atom is -0.486 e. The summed E-state index contributed by atoms with van der Waals surface area (Å²) in [6.45, 7) is 4.52. The molecule has 0 spiro atoms. The van der Waals surface area contributed by atoms with Gasteiger partial charge in [-0.05, 0) is 59.1 Å². The van der Waals surface area contributed by atoms with Gasteiger partial charge < -0.3 is 9.72 Å². The monoisotopic (exact) mass is 367 g/mol. The average Bonchev–Trinajstić information content (AvgIpc) is 2.77. The van der Waals surface area contributed by atoms with Crippen LogP contribution in [-0.4, -0.2) is 15.0 Å². The van der Waals surface area contributed by atoms with Gasteiger partial charge in [-0.15, -0.1) is 12.4 Å². The lowest BCUT2D eigenvalue weighted by Crippen LogP contribution is -1.98. The molecule has 0 fully saturated rings. The van der Waals surface area contributed by atoms with Gasteiger partial charge in [-0.25, -0.2) is 9.97 Å². The molecule has 21 heavy (non-hydrogen) atoms. The highest BCUT2D eigenvalue weighted by Gasteiger charge is 2.05. The second-order valence-electron chi connectivity index (χ2n) is 4.82. The zero-order valence-electron chi connectivity index (χ0n) is 11.7. The van der Waals surface area contributed by atoms with Crippen LogP contribution in [-0.2, 0) is 6.61 Å². The fourth-order valence-corrected chi connectivity index (χ4v) is 2.49. The van der Waals surface area contributed by atoms with Crippen molar-refractivity contribution in [3.05, 3.63) is 51.9 Å². The van der Waals surface area contributed by atoms with Gasteiger partial charge in [0.1, 0.15) is 18.2 Å². The van der Waals surface area contributed by atoms with Crippen molar-refractivity contribution >= 4 is 39.5 Å². The van der Waals surface area contributed by atoms with Crippen molar-refractivity contribution in [3.63, 3.8) is 0 Å². The van der Waals surface area contributed by atoms with Crippen LogP contribution in [0.3, 0.4) is 0 Å². The lowest BCUT2D eigenvalue weighted by molar-refractivity contribution is 0.297. The summed E-state index contributed by atoms with van der Waals surface area (Å²) in [4.78, 5) is 11.8. The first-order chi connectivity index (χ1) is 9.60. The molecule has 0 saturated carbocycles. The van der Waals surface area contributed by atoms with E-state index in [4.69, 9.17) is 4.74 Å². The third-order valence-electron chi connectivity index (χ3n) is 2.92. The Balaban J connectivity index is 0.00000161. The Morgan fingerprint density at radius 3 is 2.57 bits per heavy atom. The van der Waals surface area contributed by atoms with Crippen LogP contribution in [0.15, 0.2) is 34.9 Å². The van der Waals surface area contributed by atoms with Crippen LogP contribution in [0.4, 0.5) is 0 Å². The number of nitrogens with one attached hydrogen (secondary N) is 1. The lowest BCUT2D eigenvalue weighted by Gasteiger charge is -2.06. The number of imidazole rings is 1. The van der Waals surface area contributed by atoms with E-state index < -0.39 is 0 Å². The second-order valence-corrected chi connectivity index (χ2v) is 5.74. The molecule has 4 nitrogen and oxygen atoms in total. The second kappa shape index (κ2) is 6.45. The maximum atomic E-state index is 5.78. The molecule has 2 heterocycles. The lowest BCUT2D eigenvalue weighted by atomic mass is 10.1. The van der Waals surface area contributed by atoms with Gasteiger partial charge >= 0.3 is 0 Å². The topological polar surface area (TPSA) is 50.8 Å². The number of aryl methyl sites for hydroxylation is 2. The van der Waals surface area contributed by atoms with Crippen LogP contribution in [0.5, 0.6) is 5.75 Å². The number of aromatic amines is 1. The summed E-state index contributed by atoms with van der Waals surface area (Å²) in [5.74, 6) is 1.63. The Morgan fingerprint density at radius 1 is 1.14 bits per heavy atom. The molecule has 0 atom stereocenters. The third-order valence-corrected chi connectivity index (χ3v) is 3.36. The van der Waals surface area contributed by atoms with Gasteiger partial charge in [-0.1, -0.05) is 6.07 Å². The number of rotatable bonds is 3. The number of nitrogens with zero attached hydrogens (tertiary/aromatic N) is 2. The van der Waals surface area contributed by atoms with Crippen molar-refractivity contribution in [2.45, 2.75) is 20.5 Å². The molecule has 0 bridgehead atoms. The molecule has 1 N–H and O–H groups in total. The molecular formula is C15H15BrClN3O. The van der Waals surface area contributed by atoms with E-state index in [1.807, 2.05) is 18.2 Å². The largest absolute Gasteiger partial charge is 0.486 e. The smallest absolute Gasteiger partial charge is 0.177 e. The fourth-order valence-electron chi connectivity index (χ4n) is 2.16. The zero-order valence-corrected chi connectivity index (χ0v) is 14.1. The average molecular weight is 369 g/mol. The van der Waals surface area contributed by atoms with Gasteiger partial charge in [0.15, 0.2) is 5.65 Å². The van der Waals surface area contributed by atoms with E-state index in [9.17, 15) is 0 Å². The summed E-state index contributed by atoms with van der Waals surface area (Å²) in [5, 5.41) is 0. The number of halogens is 2. The van der Waals surface area contributed by atoms with Crippen LogP contribution in [0.1, 0.15) is 17.0 Å². The van der Waals surface area contributed by atoms with E-state index >= 15 is 0 Å². The molecule has 0 radical (unpaired) electrons. The molecule has 0 amide bonds. The number of hydrogen-bond donors (Lipinski definition) is 1.